The number of fused-ring (bicyclic) bond motifs is 1. The third-order valence-corrected chi connectivity index (χ3v) is 1.87. The average Bonchev–Trinajstić information content (AvgIpc) is 2.59. The third-order valence-electron chi connectivity index (χ3n) is 1.87. The molecule has 0 unspecified atom stereocenters. The number of aromatic nitrogens is 3. The molecule has 0 spiro atoms. The van der Waals surface area contributed by atoms with Crippen LogP contribution >= 0.6 is 0 Å². The minimum atomic E-state index is 0.178. The van der Waals surface area contributed by atoms with Gasteiger partial charge in [0.2, 0.25) is 0 Å². The van der Waals surface area contributed by atoms with Crippen LogP contribution in [-0.2, 0) is 11.3 Å². The van der Waals surface area contributed by atoms with Gasteiger partial charge < -0.3 is 9.53 Å². The van der Waals surface area contributed by atoms with Crippen molar-refractivity contribution in [1.82, 2.24) is 15.0 Å². The van der Waals surface area contributed by atoms with Crippen LogP contribution in [0.25, 0.3) is 11.0 Å². The molecule has 0 aliphatic rings. The Morgan fingerprint density at radius 2 is 2.21 bits per heavy atom. The van der Waals surface area contributed by atoms with E-state index in [4.69, 9.17) is 4.74 Å². The third kappa shape index (κ3) is 1.44. The molecular weight excluding hydrogens is 182 g/mol. The first-order chi connectivity index (χ1) is 6.83. The summed E-state index contributed by atoms with van der Waals surface area (Å²) in [4.78, 5) is 11.6. The van der Waals surface area contributed by atoms with Gasteiger partial charge in [0.15, 0.2) is 0 Å². The van der Waals surface area contributed by atoms with E-state index in [-0.39, 0.29) is 6.54 Å². The average molecular weight is 191 g/mol. The fraction of sp³-hybridized carbons (Fsp3) is 0.222. The van der Waals surface area contributed by atoms with Gasteiger partial charge in [0.25, 0.3) is 0 Å². The zero-order valence-corrected chi connectivity index (χ0v) is 7.67. The van der Waals surface area contributed by atoms with Crippen molar-refractivity contribution < 1.29 is 9.53 Å². The fourth-order valence-electron chi connectivity index (χ4n) is 1.21. The highest BCUT2D eigenvalue weighted by atomic mass is 16.5. The minimum absolute atomic E-state index is 0.178. The van der Waals surface area contributed by atoms with E-state index in [0.717, 1.165) is 23.1 Å². The van der Waals surface area contributed by atoms with Crippen LogP contribution in [0.1, 0.15) is 0 Å². The van der Waals surface area contributed by atoms with Crippen molar-refractivity contribution in [2.45, 2.75) is 6.54 Å². The summed E-state index contributed by atoms with van der Waals surface area (Å²) in [5.74, 6) is 0.732. The van der Waals surface area contributed by atoms with Crippen LogP contribution in [0.3, 0.4) is 0 Å². The molecule has 0 atom stereocenters. The largest absolute Gasteiger partial charge is 0.497 e. The number of carbonyl (C=O) groups excluding carboxylic acids is 1. The Labute approximate surface area is 80.3 Å². The zero-order valence-electron chi connectivity index (χ0n) is 7.67. The predicted molar refractivity (Wildman–Crippen MR) is 50.1 cm³/mol. The number of benzene rings is 1. The molecule has 0 radical (unpaired) electrons. The Bertz CT molecular complexity index is 464. The summed E-state index contributed by atoms with van der Waals surface area (Å²) in [7, 11) is 1.59. The lowest BCUT2D eigenvalue weighted by molar-refractivity contribution is -0.108. The maximum atomic E-state index is 10.2. The van der Waals surface area contributed by atoms with Crippen LogP contribution in [0.5, 0.6) is 5.75 Å². The van der Waals surface area contributed by atoms with E-state index in [0.29, 0.717) is 0 Å². The summed E-state index contributed by atoms with van der Waals surface area (Å²) >= 11 is 0. The molecule has 5 heteroatoms. The number of ether oxygens (including phenoxy) is 1. The van der Waals surface area contributed by atoms with E-state index >= 15 is 0 Å². The summed E-state index contributed by atoms with van der Waals surface area (Å²) in [6.07, 6.45) is 0.760. The van der Waals surface area contributed by atoms with Gasteiger partial charge in [-0.05, 0) is 12.1 Å². The summed E-state index contributed by atoms with van der Waals surface area (Å²) < 4.78 is 5.04. The highest BCUT2D eigenvalue weighted by Crippen LogP contribution is 2.16. The topological polar surface area (TPSA) is 57.0 Å². The van der Waals surface area contributed by atoms with Crippen LogP contribution in [0, 0.1) is 0 Å². The van der Waals surface area contributed by atoms with Crippen molar-refractivity contribution in [1.29, 1.82) is 0 Å². The Morgan fingerprint density at radius 3 is 2.93 bits per heavy atom. The van der Waals surface area contributed by atoms with Gasteiger partial charge in [-0.15, -0.1) is 0 Å². The lowest BCUT2D eigenvalue weighted by Crippen LogP contribution is -2.02. The monoisotopic (exact) mass is 191 g/mol. The first-order valence-corrected chi connectivity index (χ1v) is 4.16. The Morgan fingerprint density at radius 1 is 1.43 bits per heavy atom. The minimum Gasteiger partial charge on any atom is -0.497 e. The van der Waals surface area contributed by atoms with Gasteiger partial charge in [-0.3, -0.25) is 0 Å². The quantitative estimate of drug-likeness (QED) is 0.668. The molecule has 0 fully saturated rings. The maximum absolute atomic E-state index is 10.2. The van der Waals surface area contributed by atoms with E-state index in [1.54, 1.807) is 13.2 Å². The lowest BCUT2D eigenvalue weighted by Gasteiger charge is -1.95. The van der Waals surface area contributed by atoms with Gasteiger partial charge in [0, 0.05) is 6.07 Å². The number of carbonyl (C=O) groups is 1. The molecule has 2 aromatic rings. The van der Waals surface area contributed by atoms with Crippen LogP contribution in [0.2, 0.25) is 0 Å². The number of aldehydes is 1. The highest BCUT2D eigenvalue weighted by Gasteiger charge is 2.02. The van der Waals surface area contributed by atoms with Gasteiger partial charge in [0.1, 0.15) is 29.6 Å². The molecule has 1 aromatic carbocycles. The van der Waals surface area contributed by atoms with E-state index < -0.39 is 0 Å². The molecule has 1 heterocycles. The molecule has 5 nitrogen and oxygen atoms in total. The number of nitrogens with zero attached hydrogens (tertiary/aromatic N) is 3. The van der Waals surface area contributed by atoms with Gasteiger partial charge in [-0.2, -0.15) is 15.0 Å². The van der Waals surface area contributed by atoms with E-state index in [1.807, 2.05) is 12.1 Å². The lowest BCUT2D eigenvalue weighted by atomic mass is 10.3. The first-order valence-electron chi connectivity index (χ1n) is 4.16. The van der Waals surface area contributed by atoms with Gasteiger partial charge in [-0.25, -0.2) is 0 Å². The number of methoxy groups -OCH3 is 1. The smallest absolute Gasteiger partial charge is 0.143 e. The molecule has 1 aromatic heterocycles. The molecule has 0 saturated heterocycles. The second-order valence-electron chi connectivity index (χ2n) is 2.78. The first kappa shape index (κ1) is 8.68. The van der Waals surface area contributed by atoms with Crippen LogP contribution in [-0.4, -0.2) is 28.4 Å². The summed E-state index contributed by atoms with van der Waals surface area (Å²) in [6.45, 7) is 0.178. The predicted octanol–water partition coefficient (Wildman–Crippen LogP) is 0.639. The fourth-order valence-corrected chi connectivity index (χ4v) is 1.21. The van der Waals surface area contributed by atoms with Gasteiger partial charge >= 0.3 is 0 Å². The van der Waals surface area contributed by atoms with Crippen LogP contribution < -0.4 is 4.74 Å². The number of hydrogen-bond donors (Lipinski definition) is 0. The van der Waals surface area contributed by atoms with E-state index in [2.05, 4.69) is 10.2 Å². The SMILES string of the molecule is COc1ccc2nn(CC=O)nc2c1. The van der Waals surface area contributed by atoms with Gasteiger partial charge in [-0.1, -0.05) is 0 Å². The second-order valence-corrected chi connectivity index (χ2v) is 2.78. The zero-order chi connectivity index (χ0) is 9.97. The summed E-state index contributed by atoms with van der Waals surface area (Å²) in [5, 5.41) is 8.20. The van der Waals surface area contributed by atoms with E-state index in [1.165, 1.54) is 4.80 Å². The van der Waals surface area contributed by atoms with Crippen LogP contribution in [0.4, 0.5) is 0 Å². The number of hydrogen-bond acceptors (Lipinski definition) is 4. The van der Waals surface area contributed by atoms with Crippen molar-refractivity contribution in [2.75, 3.05) is 7.11 Å². The van der Waals surface area contributed by atoms with E-state index in [9.17, 15) is 4.79 Å². The van der Waals surface area contributed by atoms with Gasteiger partial charge in [0.05, 0.1) is 7.11 Å². The Balaban J connectivity index is 2.48. The maximum Gasteiger partial charge on any atom is 0.143 e. The van der Waals surface area contributed by atoms with Crippen molar-refractivity contribution >= 4 is 17.3 Å². The molecule has 0 bridgehead atoms. The molecule has 0 amide bonds. The van der Waals surface area contributed by atoms with Crippen molar-refractivity contribution in [3.8, 4) is 5.75 Å². The standard InChI is InChI=1S/C9H9N3O2/c1-14-7-2-3-8-9(6-7)11-12(10-8)4-5-13/h2-3,5-6H,4H2,1H3. The highest BCUT2D eigenvalue weighted by molar-refractivity contribution is 5.75. The molecule has 0 aliphatic heterocycles. The Hall–Kier alpha value is -1.91. The van der Waals surface area contributed by atoms with Crippen molar-refractivity contribution in [3.05, 3.63) is 18.2 Å². The number of rotatable bonds is 3. The molecular formula is C9H9N3O2. The molecule has 72 valence electrons. The molecule has 14 heavy (non-hydrogen) atoms. The Kier molecular flexibility index (Phi) is 2.14. The van der Waals surface area contributed by atoms with Crippen molar-refractivity contribution in [2.24, 2.45) is 0 Å². The molecule has 2 rings (SSSR count). The summed E-state index contributed by atoms with van der Waals surface area (Å²) in [6, 6.07) is 5.40. The van der Waals surface area contributed by atoms with Crippen LogP contribution in [0.15, 0.2) is 18.2 Å². The molecule has 0 N–H and O–H groups in total. The molecule has 0 aliphatic carbocycles. The second kappa shape index (κ2) is 3.45. The van der Waals surface area contributed by atoms with Crippen molar-refractivity contribution in [3.63, 3.8) is 0 Å². The molecule has 0 saturated carbocycles. The summed E-state index contributed by atoms with van der Waals surface area (Å²) in [5.41, 5.74) is 1.49. The normalized spacial score (nSPS) is 10.4.